The van der Waals surface area contributed by atoms with E-state index in [-0.39, 0.29) is 55.3 Å². The van der Waals surface area contributed by atoms with Crippen molar-refractivity contribution >= 4 is 54.5 Å². The molecule has 10 heteroatoms. The van der Waals surface area contributed by atoms with Crippen LogP contribution in [0.25, 0.3) is 0 Å². The number of aromatic nitrogens is 1. The summed E-state index contributed by atoms with van der Waals surface area (Å²) in [4.78, 5) is 22.2. The number of hydrogen-bond donors (Lipinski definition) is 2. The summed E-state index contributed by atoms with van der Waals surface area (Å²) in [5, 5.41) is 13.7. The van der Waals surface area contributed by atoms with Crippen molar-refractivity contribution in [2.75, 3.05) is 32.7 Å². The Balaban J connectivity index is 0.00000176. The van der Waals surface area contributed by atoms with Gasteiger partial charge in [0.2, 0.25) is 5.91 Å². The summed E-state index contributed by atoms with van der Waals surface area (Å²) in [5.74, 6) is 0.139. The zero-order valence-corrected chi connectivity index (χ0v) is 16.8. The first-order valence-electron chi connectivity index (χ1n) is 7.45. The lowest BCUT2D eigenvalue weighted by Crippen LogP contribution is -2.52. The predicted molar refractivity (Wildman–Crippen MR) is 103 cm³/mol. The molecule has 0 spiro atoms. The highest BCUT2D eigenvalue weighted by atomic mass is 35.5. The fraction of sp³-hybridized carbons (Fsp3) is 0.714. The van der Waals surface area contributed by atoms with Crippen molar-refractivity contribution in [2.45, 2.75) is 32.0 Å². The number of amides is 1. The molecule has 2 atom stereocenters. The van der Waals surface area contributed by atoms with Gasteiger partial charge in [-0.2, -0.15) is 0 Å². The van der Waals surface area contributed by atoms with Crippen molar-refractivity contribution in [3.63, 3.8) is 0 Å². The van der Waals surface area contributed by atoms with E-state index in [4.69, 9.17) is 0 Å². The number of aryl methyl sites for hydroxylation is 1. The SMILES string of the molecule is Cc1ncc(CN2CCN(C(=O)C3CC(O)CN3)CC2)s1.Cl.Cl.Cl. The molecule has 2 fully saturated rings. The molecule has 1 aromatic heterocycles. The number of aliphatic hydroxyl groups is 1. The molecule has 0 aromatic carbocycles. The highest BCUT2D eigenvalue weighted by molar-refractivity contribution is 7.11. The van der Waals surface area contributed by atoms with Crippen LogP contribution < -0.4 is 5.32 Å². The fourth-order valence-electron chi connectivity index (χ4n) is 2.95. The Bertz CT molecular complexity index is 512. The molecule has 2 saturated heterocycles. The monoisotopic (exact) mass is 418 g/mol. The molecule has 3 rings (SSSR count). The lowest BCUT2D eigenvalue weighted by molar-refractivity contribution is -0.135. The van der Waals surface area contributed by atoms with E-state index in [1.165, 1.54) is 4.88 Å². The number of carbonyl (C=O) groups excluding carboxylic acids is 1. The lowest BCUT2D eigenvalue weighted by atomic mass is 10.1. The third kappa shape index (κ3) is 5.98. The summed E-state index contributed by atoms with van der Waals surface area (Å²) < 4.78 is 0. The van der Waals surface area contributed by atoms with Gasteiger partial charge in [0.1, 0.15) is 0 Å². The summed E-state index contributed by atoms with van der Waals surface area (Å²) in [5.41, 5.74) is 0. The van der Waals surface area contributed by atoms with Crippen LogP contribution in [0.4, 0.5) is 0 Å². The molecule has 6 nitrogen and oxygen atoms in total. The second-order valence-corrected chi connectivity index (χ2v) is 7.12. The van der Waals surface area contributed by atoms with Gasteiger partial charge in [-0.05, 0) is 13.3 Å². The molecule has 1 amide bonds. The number of carbonyl (C=O) groups is 1. The molecule has 2 aliphatic heterocycles. The zero-order chi connectivity index (χ0) is 14.8. The smallest absolute Gasteiger partial charge is 0.239 e. The van der Waals surface area contributed by atoms with Gasteiger partial charge in [-0.25, -0.2) is 4.98 Å². The van der Waals surface area contributed by atoms with Gasteiger partial charge < -0.3 is 15.3 Å². The third-order valence-corrected chi connectivity index (χ3v) is 5.04. The molecule has 140 valence electrons. The van der Waals surface area contributed by atoms with Gasteiger partial charge in [-0.15, -0.1) is 48.6 Å². The number of piperazine rings is 1. The van der Waals surface area contributed by atoms with Gasteiger partial charge in [-0.1, -0.05) is 0 Å². The number of aliphatic hydroxyl groups excluding tert-OH is 1. The van der Waals surface area contributed by atoms with Crippen molar-refractivity contribution in [3.05, 3.63) is 16.1 Å². The number of halogens is 3. The number of rotatable bonds is 3. The van der Waals surface area contributed by atoms with Crippen molar-refractivity contribution < 1.29 is 9.90 Å². The Morgan fingerprint density at radius 3 is 2.50 bits per heavy atom. The van der Waals surface area contributed by atoms with Gasteiger partial charge in [0, 0.05) is 50.3 Å². The minimum Gasteiger partial charge on any atom is -0.392 e. The summed E-state index contributed by atoms with van der Waals surface area (Å²) in [6, 6.07) is -0.198. The maximum atomic E-state index is 12.3. The molecule has 2 unspecified atom stereocenters. The maximum Gasteiger partial charge on any atom is 0.239 e. The average Bonchev–Trinajstić information content (AvgIpc) is 3.08. The van der Waals surface area contributed by atoms with Gasteiger partial charge in [0.25, 0.3) is 0 Å². The normalized spacial score (nSPS) is 23.8. The Kier molecular flexibility index (Phi) is 10.7. The molecule has 24 heavy (non-hydrogen) atoms. The van der Waals surface area contributed by atoms with Crippen LogP contribution in [0.5, 0.6) is 0 Å². The number of β-amino-alcohol motifs (C(OH)–C–C–N with tert-alkyl or cyclic N) is 1. The minimum absolute atomic E-state index is 0. The Morgan fingerprint density at radius 2 is 2.00 bits per heavy atom. The van der Waals surface area contributed by atoms with E-state index in [0.717, 1.165) is 37.7 Å². The molecule has 0 bridgehead atoms. The maximum absolute atomic E-state index is 12.3. The van der Waals surface area contributed by atoms with Crippen LogP contribution in [0.15, 0.2) is 6.20 Å². The fourth-order valence-corrected chi connectivity index (χ4v) is 3.79. The van der Waals surface area contributed by atoms with Crippen molar-refractivity contribution in [2.24, 2.45) is 0 Å². The number of nitrogens with one attached hydrogen (secondary N) is 1. The van der Waals surface area contributed by atoms with E-state index in [2.05, 4.69) is 15.2 Å². The standard InChI is InChI=1S/C14H22N4O2S.3ClH/c1-10-15-8-12(21-10)9-17-2-4-18(5-3-17)14(20)13-6-11(19)7-16-13;;;/h8,11,13,16,19H,2-7,9H2,1H3;3*1H. The lowest BCUT2D eigenvalue weighted by Gasteiger charge is -2.35. The summed E-state index contributed by atoms with van der Waals surface area (Å²) >= 11 is 1.74. The highest BCUT2D eigenvalue weighted by Crippen LogP contribution is 2.16. The number of nitrogens with zero attached hydrogens (tertiary/aromatic N) is 3. The van der Waals surface area contributed by atoms with Crippen molar-refractivity contribution in [1.29, 1.82) is 0 Å². The van der Waals surface area contributed by atoms with E-state index in [1.54, 1.807) is 11.3 Å². The first-order chi connectivity index (χ1) is 10.1. The van der Waals surface area contributed by atoms with Crippen LogP contribution in [0, 0.1) is 6.92 Å². The van der Waals surface area contributed by atoms with Crippen LogP contribution >= 0.6 is 48.6 Å². The molecule has 0 saturated carbocycles. The van der Waals surface area contributed by atoms with Gasteiger partial charge in [-0.3, -0.25) is 9.69 Å². The Morgan fingerprint density at radius 1 is 1.33 bits per heavy atom. The molecule has 2 aliphatic rings. The van der Waals surface area contributed by atoms with Crippen LogP contribution in [-0.4, -0.2) is 70.7 Å². The van der Waals surface area contributed by atoms with E-state index in [1.807, 2.05) is 18.0 Å². The average molecular weight is 420 g/mol. The van der Waals surface area contributed by atoms with Crippen molar-refractivity contribution in [1.82, 2.24) is 20.1 Å². The van der Waals surface area contributed by atoms with E-state index >= 15 is 0 Å². The molecule has 2 N–H and O–H groups in total. The summed E-state index contributed by atoms with van der Waals surface area (Å²) in [6.07, 6.45) is 2.11. The predicted octanol–water partition coefficient (Wildman–Crippen LogP) is 1.08. The number of hydrogen-bond acceptors (Lipinski definition) is 6. The Hall–Kier alpha value is -0.150. The summed E-state index contributed by atoms with van der Waals surface area (Å²) in [6.45, 7) is 6.81. The molecular weight excluding hydrogens is 395 g/mol. The van der Waals surface area contributed by atoms with E-state index in [0.29, 0.717) is 13.0 Å². The molecule has 3 heterocycles. The van der Waals surface area contributed by atoms with Crippen LogP contribution in [0.2, 0.25) is 0 Å². The number of thiazole rings is 1. The zero-order valence-electron chi connectivity index (χ0n) is 13.5. The van der Waals surface area contributed by atoms with E-state index in [9.17, 15) is 9.90 Å². The first kappa shape index (κ1) is 23.9. The second-order valence-electron chi connectivity index (χ2n) is 5.80. The molecule has 0 aliphatic carbocycles. The largest absolute Gasteiger partial charge is 0.392 e. The minimum atomic E-state index is -0.380. The molecule has 1 aromatic rings. The quantitative estimate of drug-likeness (QED) is 0.767. The van der Waals surface area contributed by atoms with Gasteiger partial charge in [0.05, 0.1) is 17.2 Å². The Labute approximate surface area is 165 Å². The first-order valence-corrected chi connectivity index (χ1v) is 8.27. The van der Waals surface area contributed by atoms with Crippen LogP contribution in [0.1, 0.15) is 16.3 Å². The third-order valence-electron chi connectivity index (χ3n) is 4.14. The van der Waals surface area contributed by atoms with Crippen LogP contribution in [-0.2, 0) is 11.3 Å². The van der Waals surface area contributed by atoms with E-state index < -0.39 is 0 Å². The van der Waals surface area contributed by atoms with Gasteiger partial charge >= 0.3 is 0 Å². The summed E-state index contributed by atoms with van der Waals surface area (Å²) in [7, 11) is 0. The van der Waals surface area contributed by atoms with Gasteiger partial charge in [0.15, 0.2) is 0 Å². The topological polar surface area (TPSA) is 68.7 Å². The molecule has 0 radical (unpaired) electrons. The molecular formula is C14H25Cl3N4O2S. The van der Waals surface area contributed by atoms with Crippen molar-refractivity contribution in [3.8, 4) is 0 Å². The highest BCUT2D eigenvalue weighted by Gasteiger charge is 2.32. The second kappa shape index (κ2) is 10.8. The van der Waals surface area contributed by atoms with Crippen LogP contribution in [0.3, 0.4) is 0 Å².